The highest BCUT2D eigenvalue weighted by atomic mass is 16.1. The van der Waals surface area contributed by atoms with Gasteiger partial charge in [-0.1, -0.05) is 18.2 Å². The molecule has 21 heavy (non-hydrogen) atoms. The van der Waals surface area contributed by atoms with Crippen molar-refractivity contribution < 1.29 is 4.79 Å². The van der Waals surface area contributed by atoms with Crippen LogP contribution in [0.2, 0.25) is 0 Å². The summed E-state index contributed by atoms with van der Waals surface area (Å²) in [6.45, 7) is 7.06. The van der Waals surface area contributed by atoms with Gasteiger partial charge in [-0.25, -0.2) is 0 Å². The Hall–Kier alpha value is -2.29. The van der Waals surface area contributed by atoms with E-state index in [2.05, 4.69) is 42.7 Å². The number of carbonyl (C=O) groups excluding carboxylic acids is 1. The molecule has 3 nitrogen and oxygen atoms in total. The highest BCUT2D eigenvalue weighted by Gasteiger charge is 2.07. The molecule has 0 aromatic heterocycles. The number of amides is 1. The maximum Gasteiger partial charge on any atom is 0.251 e. The van der Waals surface area contributed by atoms with Crippen molar-refractivity contribution in [3.05, 3.63) is 64.2 Å². The zero-order valence-corrected chi connectivity index (χ0v) is 13.1. The summed E-state index contributed by atoms with van der Waals surface area (Å²) in [6, 6.07) is 12.1. The highest BCUT2D eigenvalue weighted by molar-refractivity contribution is 5.94. The van der Waals surface area contributed by atoms with E-state index in [1.54, 1.807) is 7.05 Å². The first-order valence-electron chi connectivity index (χ1n) is 7.14. The van der Waals surface area contributed by atoms with Crippen molar-refractivity contribution in [2.24, 2.45) is 0 Å². The molecule has 0 heterocycles. The van der Waals surface area contributed by atoms with Crippen LogP contribution in [0.1, 0.15) is 32.6 Å². The van der Waals surface area contributed by atoms with E-state index in [1.165, 1.54) is 16.7 Å². The van der Waals surface area contributed by atoms with Gasteiger partial charge in [0.05, 0.1) is 0 Å². The van der Waals surface area contributed by atoms with E-state index < -0.39 is 0 Å². The Morgan fingerprint density at radius 3 is 2.24 bits per heavy atom. The number of anilines is 1. The number of hydrogen-bond donors (Lipinski definition) is 2. The van der Waals surface area contributed by atoms with Gasteiger partial charge in [0.25, 0.3) is 5.91 Å². The second-order valence-electron chi connectivity index (χ2n) is 5.33. The molecular weight excluding hydrogens is 260 g/mol. The molecule has 3 heteroatoms. The average molecular weight is 282 g/mol. The molecule has 0 saturated carbocycles. The zero-order chi connectivity index (χ0) is 15.4. The zero-order valence-electron chi connectivity index (χ0n) is 13.1. The van der Waals surface area contributed by atoms with Gasteiger partial charge >= 0.3 is 0 Å². The van der Waals surface area contributed by atoms with Gasteiger partial charge in [-0.2, -0.15) is 0 Å². The molecule has 0 aliphatic rings. The van der Waals surface area contributed by atoms with Crippen LogP contribution < -0.4 is 10.6 Å². The summed E-state index contributed by atoms with van der Waals surface area (Å²) in [4.78, 5) is 11.6. The topological polar surface area (TPSA) is 41.1 Å². The van der Waals surface area contributed by atoms with Crippen molar-refractivity contribution >= 4 is 11.6 Å². The summed E-state index contributed by atoms with van der Waals surface area (Å²) >= 11 is 0. The fourth-order valence-electron chi connectivity index (χ4n) is 2.46. The summed E-state index contributed by atoms with van der Waals surface area (Å²) in [6.07, 6.45) is 0. The van der Waals surface area contributed by atoms with Crippen LogP contribution >= 0.6 is 0 Å². The number of carbonyl (C=O) groups is 1. The Labute approximate surface area is 126 Å². The van der Waals surface area contributed by atoms with E-state index in [4.69, 9.17) is 0 Å². The molecule has 2 N–H and O–H groups in total. The fraction of sp³-hybridized carbons (Fsp3) is 0.278. The number of rotatable bonds is 4. The van der Waals surface area contributed by atoms with Crippen LogP contribution in [0.3, 0.4) is 0 Å². The molecule has 2 aromatic carbocycles. The Balaban J connectivity index is 2.16. The average Bonchev–Trinajstić information content (AvgIpc) is 2.47. The molecule has 0 spiro atoms. The minimum absolute atomic E-state index is 0.0561. The minimum atomic E-state index is -0.0561. The van der Waals surface area contributed by atoms with Crippen LogP contribution in [-0.4, -0.2) is 13.0 Å². The first-order valence-corrected chi connectivity index (χ1v) is 7.14. The van der Waals surface area contributed by atoms with Crippen LogP contribution in [0.4, 0.5) is 5.69 Å². The van der Waals surface area contributed by atoms with Gasteiger partial charge in [-0.15, -0.1) is 0 Å². The molecule has 0 aliphatic heterocycles. The van der Waals surface area contributed by atoms with E-state index >= 15 is 0 Å². The van der Waals surface area contributed by atoms with Crippen LogP contribution in [0.25, 0.3) is 0 Å². The Morgan fingerprint density at radius 2 is 1.67 bits per heavy atom. The van der Waals surface area contributed by atoms with Crippen molar-refractivity contribution in [3.8, 4) is 0 Å². The van der Waals surface area contributed by atoms with Crippen LogP contribution in [0.5, 0.6) is 0 Å². The van der Waals surface area contributed by atoms with E-state index in [0.717, 1.165) is 17.8 Å². The fourth-order valence-corrected chi connectivity index (χ4v) is 2.46. The van der Waals surface area contributed by atoms with Crippen molar-refractivity contribution in [1.82, 2.24) is 5.32 Å². The molecule has 110 valence electrons. The summed E-state index contributed by atoms with van der Waals surface area (Å²) < 4.78 is 0. The van der Waals surface area contributed by atoms with Crippen LogP contribution in [0.15, 0.2) is 36.4 Å². The lowest BCUT2D eigenvalue weighted by Gasteiger charge is -2.14. The molecular formula is C18H22N2O. The summed E-state index contributed by atoms with van der Waals surface area (Å²) in [7, 11) is 1.64. The van der Waals surface area contributed by atoms with Gasteiger partial charge in [-0.05, 0) is 61.2 Å². The molecule has 0 fully saturated rings. The quantitative estimate of drug-likeness (QED) is 0.900. The molecule has 1 amide bonds. The molecule has 2 aromatic rings. The number of aryl methyl sites for hydroxylation is 3. The van der Waals surface area contributed by atoms with E-state index in [0.29, 0.717) is 5.56 Å². The predicted octanol–water partition coefficient (Wildman–Crippen LogP) is 3.58. The number of benzene rings is 2. The largest absolute Gasteiger partial charge is 0.381 e. The maximum atomic E-state index is 11.6. The van der Waals surface area contributed by atoms with Crippen LogP contribution in [0, 0.1) is 20.8 Å². The lowest BCUT2D eigenvalue weighted by atomic mass is 10.0. The first kappa shape index (κ1) is 15.1. The molecule has 0 aliphatic carbocycles. The first-order chi connectivity index (χ1) is 10.0. The van der Waals surface area contributed by atoms with Crippen molar-refractivity contribution in [2.75, 3.05) is 12.4 Å². The smallest absolute Gasteiger partial charge is 0.251 e. The van der Waals surface area contributed by atoms with Gasteiger partial charge < -0.3 is 10.6 Å². The molecule has 0 atom stereocenters. The minimum Gasteiger partial charge on any atom is -0.381 e. The summed E-state index contributed by atoms with van der Waals surface area (Å²) in [5.41, 5.74) is 6.73. The molecule has 0 bridgehead atoms. The molecule has 0 saturated heterocycles. The van der Waals surface area contributed by atoms with Crippen molar-refractivity contribution in [1.29, 1.82) is 0 Å². The molecule has 2 rings (SSSR count). The maximum absolute atomic E-state index is 11.6. The second kappa shape index (κ2) is 6.44. The van der Waals surface area contributed by atoms with Gasteiger partial charge in [0.2, 0.25) is 0 Å². The lowest BCUT2D eigenvalue weighted by Crippen LogP contribution is -2.18. The Bertz CT molecular complexity index is 642. The third-order valence-electron chi connectivity index (χ3n) is 3.82. The third kappa shape index (κ3) is 3.43. The lowest BCUT2D eigenvalue weighted by molar-refractivity contribution is 0.0963. The third-order valence-corrected chi connectivity index (χ3v) is 3.82. The predicted molar refractivity (Wildman–Crippen MR) is 87.8 cm³/mol. The van der Waals surface area contributed by atoms with Crippen molar-refractivity contribution in [3.63, 3.8) is 0 Å². The van der Waals surface area contributed by atoms with Crippen molar-refractivity contribution in [2.45, 2.75) is 27.3 Å². The van der Waals surface area contributed by atoms with E-state index in [9.17, 15) is 4.79 Å². The summed E-state index contributed by atoms with van der Waals surface area (Å²) in [5.74, 6) is -0.0561. The molecule has 0 radical (unpaired) electrons. The van der Waals surface area contributed by atoms with Gasteiger partial charge in [0.15, 0.2) is 0 Å². The second-order valence-corrected chi connectivity index (χ2v) is 5.33. The van der Waals surface area contributed by atoms with Gasteiger partial charge in [0, 0.05) is 24.8 Å². The monoisotopic (exact) mass is 282 g/mol. The van der Waals surface area contributed by atoms with E-state index in [-0.39, 0.29) is 5.91 Å². The van der Waals surface area contributed by atoms with Crippen LogP contribution in [-0.2, 0) is 6.54 Å². The highest BCUT2D eigenvalue weighted by Crippen LogP contribution is 2.20. The molecule has 0 unspecified atom stereocenters. The van der Waals surface area contributed by atoms with E-state index in [1.807, 2.05) is 25.1 Å². The van der Waals surface area contributed by atoms with Gasteiger partial charge in [-0.3, -0.25) is 4.79 Å². The van der Waals surface area contributed by atoms with Gasteiger partial charge in [0.1, 0.15) is 0 Å². The summed E-state index contributed by atoms with van der Waals surface area (Å²) in [5, 5.41) is 6.10. The number of hydrogen-bond acceptors (Lipinski definition) is 2. The SMILES string of the molecule is CNC(=O)c1ccc(NCc2c(C)cccc2C)c(C)c1. The Kier molecular flexibility index (Phi) is 4.63. The Morgan fingerprint density at radius 1 is 1.00 bits per heavy atom. The normalized spacial score (nSPS) is 10.3. The standard InChI is InChI=1S/C18H22N2O/c1-12-6-5-7-13(2)16(12)11-20-17-9-8-15(10-14(17)3)18(21)19-4/h5-10,20H,11H2,1-4H3,(H,19,21). The number of nitrogens with one attached hydrogen (secondary N) is 2.